The van der Waals surface area contributed by atoms with Crippen molar-refractivity contribution in [3.05, 3.63) is 23.8 Å². The molecular weight excluding hydrogens is 210 g/mol. The highest BCUT2D eigenvalue weighted by Gasteiger charge is 2.26. The van der Waals surface area contributed by atoms with E-state index in [1.807, 2.05) is 12.1 Å². The van der Waals surface area contributed by atoms with Gasteiger partial charge >= 0.3 is 0 Å². The first-order valence-corrected chi connectivity index (χ1v) is 6.07. The lowest BCUT2D eigenvalue weighted by Gasteiger charge is -2.38. The Kier molecular flexibility index (Phi) is 2.97. The number of hydrogen-bond acceptors (Lipinski definition) is 3. The van der Waals surface area contributed by atoms with Crippen LogP contribution in [0, 0.1) is 16.7 Å². The predicted octanol–water partition coefficient (Wildman–Crippen LogP) is 2.77. The fourth-order valence-corrected chi connectivity index (χ4v) is 2.28. The average molecular weight is 229 g/mol. The molecule has 90 valence electrons. The van der Waals surface area contributed by atoms with Crippen molar-refractivity contribution in [2.45, 2.75) is 26.7 Å². The van der Waals surface area contributed by atoms with E-state index in [4.69, 9.17) is 11.0 Å². The van der Waals surface area contributed by atoms with Gasteiger partial charge < -0.3 is 10.6 Å². The maximum absolute atomic E-state index is 8.98. The van der Waals surface area contributed by atoms with Crippen LogP contribution < -0.4 is 10.6 Å². The van der Waals surface area contributed by atoms with E-state index in [9.17, 15) is 0 Å². The molecule has 0 bridgehead atoms. The molecule has 0 atom stereocenters. The molecule has 17 heavy (non-hydrogen) atoms. The average Bonchev–Trinajstić information content (AvgIpc) is 2.30. The number of rotatable bonds is 1. The lowest BCUT2D eigenvalue weighted by molar-refractivity contribution is 0.280. The summed E-state index contributed by atoms with van der Waals surface area (Å²) in [5, 5.41) is 8.98. The molecule has 1 fully saturated rings. The van der Waals surface area contributed by atoms with E-state index in [0.29, 0.717) is 16.7 Å². The van der Waals surface area contributed by atoms with Crippen molar-refractivity contribution in [3.63, 3.8) is 0 Å². The summed E-state index contributed by atoms with van der Waals surface area (Å²) in [6, 6.07) is 7.83. The van der Waals surface area contributed by atoms with Crippen LogP contribution in [0.15, 0.2) is 18.2 Å². The van der Waals surface area contributed by atoms with Gasteiger partial charge in [-0.05, 0) is 30.4 Å². The van der Waals surface area contributed by atoms with E-state index < -0.39 is 0 Å². The summed E-state index contributed by atoms with van der Waals surface area (Å²) in [6.07, 6.45) is 2.34. The number of nitrogens with two attached hydrogens (primary N) is 1. The number of anilines is 2. The zero-order valence-corrected chi connectivity index (χ0v) is 10.5. The number of para-hydroxylation sites is 1. The van der Waals surface area contributed by atoms with Gasteiger partial charge in [0, 0.05) is 13.1 Å². The standard InChI is InChI=1S/C14H19N3/c1-14(2)6-8-17(9-7-14)12-5-3-4-11(10-15)13(12)16/h3-5H,6-9,16H2,1-2H3. The number of benzene rings is 1. The number of nitrogen functional groups attached to an aromatic ring is 1. The van der Waals surface area contributed by atoms with E-state index in [2.05, 4.69) is 24.8 Å². The second kappa shape index (κ2) is 4.29. The molecule has 2 N–H and O–H groups in total. The van der Waals surface area contributed by atoms with Crippen LogP contribution in [0.4, 0.5) is 11.4 Å². The smallest absolute Gasteiger partial charge is 0.101 e. The number of hydrogen-bond donors (Lipinski definition) is 1. The minimum atomic E-state index is 0.429. The van der Waals surface area contributed by atoms with E-state index in [-0.39, 0.29) is 0 Å². The van der Waals surface area contributed by atoms with Gasteiger partial charge in [-0.25, -0.2) is 0 Å². The summed E-state index contributed by atoms with van der Waals surface area (Å²) in [5.74, 6) is 0. The summed E-state index contributed by atoms with van der Waals surface area (Å²) in [4.78, 5) is 2.29. The quantitative estimate of drug-likeness (QED) is 0.753. The van der Waals surface area contributed by atoms with Crippen LogP contribution in [0.3, 0.4) is 0 Å². The zero-order valence-electron chi connectivity index (χ0n) is 10.5. The Hall–Kier alpha value is -1.69. The summed E-state index contributed by atoms with van der Waals surface area (Å²) in [5.41, 5.74) is 8.67. The van der Waals surface area contributed by atoms with Crippen LogP contribution in [0.5, 0.6) is 0 Å². The van der Waals surface area contributed by atoms with Gasteiger partial charge in [-0.15, -0.1) is 0 Å². The van der Waals surface area contributed by atoms with Crippen LogP contribution >= 0.6 is 0 Å². The van der Waals surface area contributed by atoms with Gasteiger partial charge in [0.1, 0.15) is 6.07 Å². The van der Waals surface area contributed by atoms with E-state index in [0.717, 1.165) is 18.8 Å². The third-order valence-corrected chi connectivity index (χ3v) is 3.66. The Morgan fingerprint density at radius 1 is 1.29 bits per heavy atom. The third kappa shape index (κ3) is 2.36. The number of nitriles is 1. The fraction of sp³-hybridized carbons (Fsp3) is 0.500. The first-order chi connectivity index (χ1) is 8.03. The van der Waals surface area contributed by atoms with Crippen molar-refractivity contribution < 1.29 is 0 Å². The summed E-state index contributed by atoms with van der Waals surface area (Å²) < 4.78 is 0. The van der Waals surface area contributed by atoms with Gasteiger partial charge in [0.05, 0.1) is 16.9 Å². The molecular formula is C14H19N3. The Morgan fingerprint density at radius 3 is 2.53 bits per heavy atom. The van der Waals surface area contributed by atoms with Crippen LogP contribution in [-0.4, -0.2) is 13.1 Å². The molecule has 2 rings (SSSR count). The van der Waals surface area contributed by atoms with Crippen molar-refractivity contribution in [3.8, 4) is 6.07 Å². The normalized spacial score (nSPS) is 18.8. The molecule has 0 radical (unpaired) electrons. The first-order valence-electron chi connectivity index (χ1n) is 6.07. The molecule has 0 spiro atoms. The van der Waals surface area contributed by atoms with Crippen LogP contribution in [0.2, 0.25) is 0 Å². The van der Waals surface area contributed by atoms with E-state index >= 15 is 0 Å². The van der Waals surface area contributed by atoms with Crippen molar-refractivity contribution >= 4 is 11.4 Å². The second-order valence-corrected chi connectivity index (χ2v) is 5.50. The molecule has 3 nitrogen and oxygen atoms in total. The minimum Gasteiger partial charge on any atom is -0.396 e. The molecule has 1 aromatic rings. The maximum atomic E-state index is 8.98. The monoisotopic (exact) mass is 229 g/mol. The molecule has 0 aromatic heterocycles. The zero-order chi connectivity index (χ0) is 12.5. The van der Waals surface area contributed by atoms with Crippen molar-refractivity contribution in [1.82, 2.24) is 0 Å². The van der Waals surface area contributed by atoms with E-state index in [1.54, 1.807) is 6.07 Å². The third-order valence-electron chi connectivity index (χ3n) is 3.66. The molecule has 3 heteroatoms. The van der Waals surface area contributed by atoms with Gasteiger partial charge in [0.2, 0.25) is 0 Å². The Morgan fingerprint density at radius 2 is 1.94 bits per heavy atom. The Labute approximate surface area is 103 Å². The highest BCUT2D eigenvalue weighted by molar-refractivity contribution is 5.74. The minimum absolute atomic E-state index is 0.429. The van der Waals surface area contributed by atoms with Gasteiger partial charge in [-0.2, -0.15) is 5.26 Å². The molecule has 1 aliphatic rings. The summed E-state index contributed by atoms with van der Waals surface area (Å²) >= 11 is 0. The van der Waals surface area contributed by atoms with Crippen molar-refractivity contribution in [2.24, 2.45) is 5.41 Å². The Bertz CT molecular complexity index is 447. The van der Waals surface area contributed by atoms with Crippen molar-refractivity contribution in [2.75, 3.05) is 23.7 Å². The van der Waals surface area contributed by atoms with Gasteiger partial charge in [0.25, 0.3) is 0 Å². The highest BCUT2D eigenvalue weighted by Crippen LogP contribution is 2.34. The van der Waals surface area contributed by atoms with Gasteiger partial charge in [-0.1, -0.05) is 19.9 Å². The van der Waals surface area contributed by atoms with Gasteiger partial charge in [0.15, 0.2) is 0 Å². The SMILES string of the molecule is CC1(C)CCN(c2cccc(C#N)c2N)CC1. The lowest BCUT2D eigenvalue weighted by atomic mass is 9.82. The summed E-state index contributed by atoms with van der Waals surface area (Å²) in [6.45, 7) is 6.65. The molecule has 1 aliphatic heterocycles. The first kappa shape index (κ1) is 11.8. The summed E-state index contributed by atoms with van der Waals surface area (Å²) in [7, 11) is 0. The molecule has 0 aliphatic carbocycles. The lowest BCUT2D eigenvalue weighted by Crippen LogP contribution is -2.37. The predicted molar refractivity (Wildman–Crippen MR) is 70.8 cm³/mol. The molecule has 0 unspecified atom stereocenters. The van der Waals surface area contributed by atoms with Crippen LogP contribution in [0.25, 0.3) is 0 Å². The molecule has 1 aromatic carbocycles. The fourth-order valence-electron chi connectivity index (χ4n) is 2.28. The van der Waals surface area contributed by atoms with Crippen LogP contribution in [0.1, 0.15) is 32.3 Å². The number of piperidine rings is 1. The molecule has 0 amide bonds. The topological polar surface area (TPSA) is 53.0 Å². The molecule has 0 saturated carbocycles. The van der Waals surface area contributed by atoms with Crippen LogP contribution in [-0.2, 0) is 0 Å². The maximum Gasteiger partial charge on any atom is 0.101 e. The van der Waals surface area contributed by atoms with E-state index in [1.165, 1.54) is 12.8 Å². The second-order valence-electron chi connectivity index (χ2n) is 5.50. The largest absolute Gasteiger partial charge is 0.396 e. The molecule has 1 heterocycles. The highest BCUT2D eigenvalue weighted by atomic mass is 15.1. The Balaban J connectivity index is 2.22. The number of nitrogens with zero attached hydrogens (tertiary/aromatic N) is 2. The molecule has 1 saturated heterocycles. The van der Waals surface area contributed by atoms with Gasteiger partial charge in [-0.3, -0.25) is 0 Å². The van der Waals surface area contributed by atoms with Crippen molar-refractivity contribution in [1.29, 1.82) is 5.26 Å².